The molecule has 0 atom stereocenters. The Morgan fingerprint density at radius 2 is 2.11 bits per heavy atom. The molecule has 2 rings (SSSR count). The third-order valence-electron chi connectivity index (χ3n) is 2.14. The van der Waals surface area contributed by atoms with E-state index in [-0.39, 0.29) is 21.7 Å². The normalized spacial score (nSPS) is 10.2. The minimum absolute atomic E-state index is 0.00595. The van der Waals surface area contributed by atoms with Gasteiger partial charge in [0.2, 0.25) is 5.88 Å². The van der Waals surface area contributed by atoms with Crippen molar-refractivity contribution in [3.8, 4) is 11.6 Å². The van der Waals surface area contributed by atoms with Gasteiger partial charge < -0.3 is 14.8 Å². The molecule has 0 unspecified atom stereocenters. The summed E-state index contributed by atoms with van der Waals surface area (Å²) in [4.78, 5) is 28.7. The fourth-order valence-electron chi connectivity index (χ4n) is 1.30. The van der Waals surface area contributed by atoms with Crippen molar-refractivity contribution in [2.45, 2.75) is 0 Å². The Balaban J connectivity index is 2.46. The first kappa shape index (κ1) is 13.8. The van der Waals surface area contributed by atoms with Gasteiger partial charge in [0.15, 0.2) is 0 Å². The first-order valence-corrected chi connectivity index (χ1v) is 6.51. The van der Waals surface area contributed by atoms with Gasteiger partial charge in [-0.3, -0.25) is 4.79 Å². The zero-order valence-corrected chi connectivity index (χ0v) is 12.4. The fourth-order valence-corrected chi connectivity index (χ4v) is 1.96. The molecule has 98 valence electrons. The maximum atomic E-state index is 11.4. The largest absolute Gasteiger partial charge is 0.478 e. The van der Waals surface area contributed by atoms with Crippen LogP contribution in [-0.4, -0.2) is 21.0 Å². The van der Waals surface area contributed by atoms with E-state index in [1.165, 1.54) is 18.5 Å². The average Bonchev–Trinajstić information content (AvgIpc) is 2.36. The van der Waals surface area contributed by atoms with Crippen molar-refractivity contribution in [2.75, 3.05) is 0 Å². The zero-order valence-electron chi connectivity index (χ0n) is 9.18. The quantitative estimate of drug-likeness (QED) is 0.841. The number of hydrogen-bond donors (Lipinski definition) is 2. The van der Waals surface area contributed by atoms with E-state index >= 15 is 0 Å². The van der Waals surface area contributed by atoms with Crippen LogP contribution >= 0.6 is 31.9 Å². The second kappa shape index (κ2) is 5.54. The fraction of sp³-hybridized carbons (Fsp3) is 0. The van der Waals surface area contributed by atoms with Gasteiger partial charge in [0.25, 0.3) is 5.56 Å². The van der Waals surface area contributed by atoms with Gasteiger partial charge in [0.1, 0.15) is 15.8 Å². The summed E-state index contributed by atoms with van der Waals surface area (Å²) in [6.45, 7) is 0. The number of carboxylic acids is 1. The van der Waals surface area contributed by atoms with E-state index in [4.69, 9.17) is 9.84 Å². The first-order valence-electron chi connectivity index (χ1n) is 4.93. The molecular formula is C11H6Br2N2O4. The van der Waals surface area contributed by atoms with Crippen molar-refractivity contribution in [1.29, 1.82) is 0 Å². The van der Waals surface area contributed by atoms with E-state index in [0.717, 1.165) is 0 Å². The second-order valence-corrected chi connectivity index (χ2v) is 5.11. The Hall–Kier alpha value is -1.67. The number of carboxylic acid groups (broad SMARTS) is 1. The van der Waals surface area contributed by atoms with Gasteiger partial charge >= 0.3 is 5.97 Å². The standard InChI is InChI=1S/C11H6Br2N2O4/c12-5-1-2-7(6(3-5)11(17)18)19-10-8(13)9(16)14-4-15-10/h1-4H,(H,17,18)(H,14,15,16). The molecule has 0 aliphatic carbocycles. The predicted molar refractivity (Wildman–Crippen MR) is 73.7 cm³/mol. The van der Waals surface area contributed by atoms with E-state index in [1.807, 2.05) is 0 Å². The van der Waals surface area contributed by atoms with Crippen LogP contribution in [0.15, 0.2) is 38.3 Å². The molecule has 0 bridgehead atoms. The van der Waals surface area contributed by atoms with Crippen LogP contribution in [0, 0.1) is 0 Å². The van der Waals surface area contributed by atoms with Crippen LogP contribution in [0.25, 0.3) is 0 Å². The summed E-state index contributed by atoms with van der Waals surface area (Å²) < 4.78 is 6.06. The number of ether oxygens (including phenoxy) is 1. The van der Waals surface area contributed by atoms with Crippen LogP contribution in [0.5, 0.6) is 11.6 Å². The number of nitrogens with one attached hydrogen (secondary N) is 1. The Morgan fingerprint density at radius 3 is 2.79 bits per heavy atom. The monoisotopic (exact) mass is 388 g/mol. The number of H-pyrrole nitrogens is 1. The Bertz CT molecular complexity index is 699. The highest BCUT2D eigenvalue weighted by molar-refractivity contribution is 9.10. The summed E-state index contributed by atoms with van der Waals surface area (Å²) in [5.41, 5.74) is -0.456. The van der Waals surface area contributed by atoms with Crippen molar-refractivity contribution in [1.82, 2.24) is 9.97 Å². The number of benzene rings is 1. The van der Waals surface area contributed by atoms with Gasteiger partial charge in [-0.1, -0.05) is 15.9 Å². The van der Waals surface area contributed by atoms with Crippen molar-refractivity contribution in [3.05, 3.63) is 49.4 Å². The SMILES string of the molecule is O=C(O)c1cc(Br)ccc1Oc1nc[nH]c(=O)c1Br. The van der Waals surface area contributed by atoms with E-state index in [9.17, 15) is 9.59 Å². The van der Waals surface area contributed by atoms with Crippen LogP contribution in [0.4, 0.5) is 0 Å². The van der Waals surface area contributed by atoms with E-state index in [1.54, 1.807) is 6.07 Å². The highest BCUT2D eigenvalue weighted by Crippen LogP contribution is 2.29. The molecule has 0 amide bonds. The third kappa shape index (κ3) is 3.02. The lowest BCUT2D eigenvalue weighted by Gasteiger charge is -2.08. The summed E-state index contributed by atoms with van der Waals surface area (Å²) >= 11 is 6.20. The lowest BCUT2D eigenvalue weighted by molar-refractivity contribution is 0.0694. The number of nitrogens with zero attached hydrogens (tertiary/aromatic N) is 1. The minimum Gasteiger partial charge on any atom is -0.478 e. The summed E-state index contributed by atoms with van der Waals surface area (Å²) in [6, 6.07) is 4.50. The molecule has 0 aliphatic heterocycles. The highest BCUT2D eigenvalue weighted by atomic mass is 79.9. The number of aromatic carboxylic acids is 1. The van der Waals surface area contributed by atoms with Crippen LogP contribution < -0.4 is 10.3 Å². The maximum absolute atomic E-state index is 11.4. The van der Waals surface area contributed by atoms with Gasteiger partial charge in [-0.15, -0.1) is 0 Å². The summed E-state index contributed by atoms with van der Waals surface area (Å²) in [6.07, 6.45) is 1.17. The predicted octanol–water partition coefficient (Wildman–Crippen LogP) is 2.79. The average molecular weight is 390 g/mol. The maximum Gasteiger partial charge on any atom is 0.339 e. The van der Waals surface area contributed by atoms with Gasteiger partial charge in [-0.2, -0.15) is 0 Å². The molecule has 19 heavy (non-hydrogen) atoms. The molecule has 2 aromatic rings. The number of carbonyl (C=O) groups is 1. The summed E-state index contributed by atoms with van der Waals surface area (Å²) in [7, 11) is 0. The molecule has 6 nitrogen and oxygen atoms in total. The summed E-state index contributed by atoms with van der Waals surface area (Å²) in [5.74, 6) is -1.06. The molecule has 0 spiro atoms. The smallest absolute Gasteiger partial charge is 0.339 e. The van der Waals surface area contributed by atoms with Gasteiger partial charge in [0, 0.05) is 4.47 Å². The first-order chi connectivity index (χ1) is 8.99. The van der Waals surface area contributed by atoms with Gasteiger partial charge in [-0.25, -0.2) is 9.78 Å². The van der Waals surface area contributed by atoms with Crippen molar-refractivity contribution >= 4 is 37.8 Å². The Labute approximate surface area is 123 Å². The number of aromatic amines is 1. The highest BCUT2D eigenvalue weighted by Gasteiger charge is 2.15. The van der Waals surface area contributed by atoms with Crippen LogP contribution in [0.3, 0.4) is 0 Å². The molecule has 1 aromatic heterocycles. The zero-order chi connectivity index (χ0) is 14.0. The number of halogens is 2. The van der Waals surface area contributed by atoms with Gasteiger partial charge in [0.05, 0.1) is 6.33 Å². The molecular weight excluding hydrogens is 384 g/mol. The lowest BCUT2D eigenvalue weighted by Crippen LogP contribution is -2.09. The number of rotatable bonds is 3. The molecule has 0 saturated carbocycles. The van der Waals surface area contributed by atoms with Crippen LogP contribution in [0.1, 0.15) is 10.4 Å². The van der Waals surface area contributed by atoms with E-state index < -0.39 is 11.5 Å². The minimum atomic E-state index is -1.14. The lowest BCUT2D eigenvalue weighted by atomic mass is 10.2. The van der Waals surface area contributed by atoms with Crippen LogP contribution in [-0.2, 0) is 0 Å². The molecule has 2 N–H and O–H groups in total. The molecule has 1 heterocycles. The second-order valence-electron chi connectivity index (χ2n) is 3.40. The van der Waals surface area contributed by atoms with E-state index in [0.29, 0.717) is 4.47 Å². The van der Waals surface area contributed by atoms with E-state index in [2.05, 4.69) is 41.8 Å². The van der Waals surface area contributed by atoms with Crippen molar-refractivity contribution in [3.63, 3.8) is 0 Å². The molecule has 1 aromatic carbocycles. The Morgan fingerprint density at radius 1 is 1.37 bits per heavy atom. The molecule has 0 saturated heterocycles. The number of aromatic nitrogens is 2. The van der Waals surface area contributed by atoms with Crippen molar-refractivity contribution in [2.24, 2.45) is 0 Å². The van der Waals surface area contributed by atoms with Crippen LogP contribution in [0.2, 0.25) is 0 Å². The third-order valence-corrected chi connectivity index (χ3v) is 3.34. The van der Waals surface area contributed by atoms with Crippen molar-refractivity contribution < 1.29 is 14.6 Å². The Kier molecular flexibility index (Phi) is 4.01. The molecule has 0 aliphatic rings. The number of hydrogen-bond acceptors (Lipinski definition) is 4. The topological polar surface area (TPSA) is 92.3 Å². The van der Waals surface area contributed by atoms with Gasteiger partial charge in [-0.05, 0) is 34.1 Å². The molecule has 8 heteroatoms. The molecule has 0 fully saturated rings. The summed E-state index contributed by atoms with van der Waals surface area (Å²) in [5, 5.41) is 9.09. The molecule has 0 radical (unpaired) electrons.